The van der Waals surface area contributed by atoms with Crippen LogP contribution in [-0.4, -0.2) is 47.1 Å². The zero-order valence-electron chi connectivity index (χ0n) is 24.8. The summed E-state index contributed by atoms with van der Waals surface area (Å²) in [7, 11) is -7.04. The van der Waals surface area contributed by atoms with Crippen LogP contribution in [0.4, 0.5) is 13.2 Å². The van der Waals surface area contributed by atoms with Crippen LogP contribution in [0.1, 0.15) is 17.4 Å². The molecule has 0 bridgehead atoms. The van der Waals surface area contributed by atoms with E-state index in [1.807, 2.05) is 24.3 Å². The number of benzene rings is 3. The molecule has 3 atom stereocenters. The summed E-state index contributed by atoms with van der Waals surface area (Å²) in [6.07, 6.45) is -5.73. The number of alkyl halides is 3. The van der Waals surface area contributed by atoms with Crippen molar-refractivity contribution >= 4 is 54.3 Å². The molecule has 0 saturated carbocycles. The molecule has 0 aliphatic heterocycles. The Labute approximate surface area is 322 Å². The minimum absolute atomic E-state index is 0. The second-order valence-electron chi connectivity index (χ2n) is 10.3. The molecule has 0 spiro atoms. The zero-order chi connectivity index (χ0) is 34.6. The average molecular weight is 870 g/mol. The zero-order valence-corrected chi connectivity index (χ0v) is 29.9. The quantitative estimate of drug-likeness (QED) is 0.0790. The van der Waals surface area contributed by atoms with Crippen LogP contribution in [0.5, 0.6) is 5.75 Å². The molecular weight excluding hydrogens is 843 g/mol. The maximum atomic E-state index is 11.9. The van der Waals surface area contributed by atoms with Gasteiger partial charge in [-0.3, -0.25) is 14.5 Å². The van der Waals surface area contributed by atoms with Gasteiger partial charge < -0.3 is 20.0 Å². The number of aliphatic hydroxyl groups is 2. The molecule has 49 heavy (non-hydrogen) atoms. The van der Waals surface area contributed by atoms with Crippen molar-refractivity contribution in [1.82, 2.24) is 9.97 Å². The Bertz CT molecular complexity index is 2100. The number of nitrogens with zero attached hydrogens (tertiary/aromatic N) is 2. The molecule has 1 radical (unpaired) electrons. The van der Waals surface area contributed by atoms with Gasteiger partial charge in [0.1, 0.15) is 0 Å². The summed E-state index contributed by atoms with van der Waals surface area (Å²) in [5.74, 6) is 0.298. The summed E-state index contributed by atoms with van der Waals surface area (Å²) < 4.78 is 62.9. The first-order valence-electron chi connectivity index (χ1n) is 14.0. The molecule has 6 aromatic rings. The van der Waals surface area contributed by atoms with Crippen molar-refractivity contribution in [2.75, 3.05) is 0 Å². The molecular formula is C32H26EuF3N2O8P2S+. The summed E-state index contributed by atoms with van der Waals surface area (Å²) in [6, 6.07) is 23.9. The molecule has 255 valence electrons. The molecule has 17 heteroatoms. The largest absolute Gasteiger partial charge is 0.747 e. The van der Waals surface area contributed by atoms with E-state index in [4.69, 9.17) is 14.5 Å². The first-order chi connectivity index (χ1) is 22.7. The average Bonchev–Trinajstić information content (AvgIpc) is 3.59. The summed E-state index contributed by atoms with van der Waals surface area (Å²) in [6.45, 7) is 0. The minimum Gasteiger partial charge on any atom is -0.387 e. The number of hydrogen-bond acceptors (Lipinski definition) is 8. The number of fused-ring (bicyclic) bond motifs is 3. The summed E-state index contributed by atoms with van der Waals surface area (Å²) in [5.41, 5.74) is 4.89. The van der Waals surface area contributed by atoms with Crippen LogP contribution >= 0.6 is 27.2 Å². The van der Waals surface area contributed by atoms with Crippen LogP contribution in [0, 0.1) is 49.4 Å². The van der Waals surface area contributed by atoms with E-state index in [1.165, 1.54) is 18.2 Å². The maximum Gasteiger partial charge on any atom is 0.747 e. The smallest absolute Gasteiger partial charge is 0.387 e. The number of aliphatic hydroxyl groups excluding tert-OH is 2. The van der Waals surface area contributed by atoms with Crippen LogP contribution in [0.3, 0.4) is 0 Å². The van der Waals surface area contributed by atoms with Gasteiger partial charge in [0, 0.05) is 88.4 Å². The number of rotatable bonds is 8. The van der Waals surface area contributed by atoms with Gasteiger partial charge in [-0.2, -0.15) is 13.2 Å². The Hall–Kier alpha value is -2.52. The number of halogens is 3. The Morgan fingerprint density at radius 2 is 1.33 bits per heavy atom. The van der Waals surface area contributed by atoms with E-state index in [9.17, 15) is 37.2 Å². The van der Waals surface area contributed by atoms with E-state index in [0.29, 0.717) is 21.7 Å². The molecule has 0 fully saturated rings. The van der Waals surface area contributed by atoms with E-state index >= 15 is 0 Å². The van der Waals surface area contributed by atoms with Crippen LogP contribution in [0.2, 0.25) is 0 Å². The van der Waals surface area contributed by atoms with Crippen molar-refractivity contribution in [2.45, 2.75) is 24.8 Å². The van der Waals surface area contributed by atoms with Crippen LogP contribution in [0.25, 0.3) is 44.1 Å². The van der Waals surface area contributed by atoms with E-state index in [2.05, 4.69) is 9.97 Å². The molecule has 3 unspecified atom stereocenters. The number of hydrogen-bond donors (Lipinski definition) is 5. The predicted octanol–water partition coefficient (Wildman–Crippen LogP) is 7.04. The van der Waals surface area contributed by atoms with Gasteiger partial charge in [0.05, 0.1) is 22.4 Å². The molecule has 0 amide bonds. The second-order valence-corrected chi connectivity index (χ2v) is 13.6. The molecule has 3 heterocycles. The SMILES string of the molecule is O=[P+](O)Oc1ccc(-c2ccnc3c2ccc2c(-c4ccc(P(=O)(O)O)cc4)ccnc23)cc1.OC(CC(O)C(F)(F)F)c1cccs1.[Eu]. The standard InChI is InChI=1S/C24H16N2O6P2.C8H9F3O2S.Eu/c27-33(28)32-17-5-1-15(2-6-17)19-11-13-25-23-21(19)9-10-22-20(12-14-26-24(22)23)16-3-7-18(8-4-16)34(29,30)31;9-8(10,11)7(13)4-5(12)6-2-1-3-14-6;/h1-14H,(H2-,27,28,29,30,31);1-3,5,7,12-13H,4H2;/p+1. The summed E-state index contributed by atoms with van der Waals surface area (Å²) >= 11 is 1.16. The van der Waals surface area contributed by atoms with Crippen molar-refractivity contribution in [1.29, 1.82) is 0 Å². The predicted molar refractivity (Wildman–Crippen MR) is 176 cm³/mol. The fourth-order valence-electron chi connectivity index (χ4n) is 4.89. The first-order valence-corrected chi connectivity index (χ1v) is 17.6. The fourth-order valence-corrected chi connectivity index (χ4v) is 6.46. The molecule has 10 nitrogen and oxygen atoms in total. The maximum absolute atomic E-state index is 11.9. The Morgan fingerprint density at radius 1 is 0.816 bits per heavy atom. The molecule has 6 rings (SSSR count). The third kappa shape index (κ3) is 9.84. The van der Waals surface area contributed by atoms with Crippen molar-refractivity contribution in [3.05, 3.63) is 108 Å². The van der Waals surface area contributed by atoms with Crippen LogP contribution in [0.15, 0.2) is 103 Å². The molecule has 3 aromatic carbocycles. The second kappa shape index (κ2) is 16.7. The van der Waals surface area contributed by atoms with Gasteiger partial charge >= 0.3 is 22.0 Å². The molecule has 3 aromatic heterocycles. The third-order valence-corrected chi connectivity index (χ3v) is 9.49. The summed E-state index contributed by atoms with van der Waals surface area (Å²) in [5, 5.41) is 21.3. The Morgan fingerprint density at radius 3 is 1.76 bits per heavy atom. The molecule has 5 N–H and O–H groups in total. The monoisotopic (exact) mass is 870 g/mol. The number of thiophene rings is 1. The topological polar surface area (TPSA) is 170 Å². The Balaban J connectivity index is 0.000000305. The molecule has 0 aliphatic carbocycles. The van der Waals surface area contributed by atoms with E-state index in [1.54, 1.807) is 60.2 Å². The van der Waals surface area contributed by atoms with Gasteiger partial charge in [-0.1, -0.05) is 42.5 Å². The molecule has 0 saturated heterocycles. The first kappa shape index (κ1) is 39.3. The van der Waals surface area contributed by atoms with Crippen molar-refractivity contribution in [2.24, 2.45) is 0 Å². The Kier molecular flexibility index (Phi) is 13.4. The minimum atomic E-state index is -4.67. The van der Waals surface area contributed by atoms with Gasteiger partial charge in [-0.15, -0.1) is 16.2 Å². The van der Waals surface area contributed by atoms with E-state index in [0.717, 1.165) is 44.4 Å². The third-order valence-electron chi connectivity index (χ3n) is 7.18. The summed E-state index contributed by atoms with van der Waals surface area (Å²) in [4.78, 5) is 37.2. The van der Waals surface area contributed by atoms with Gasteiger partial charge in [-0.05, 0) is 70.1 Å². The fraction of sp³-hybridized carbons (Fsp3) is 0.125. The van der Waals surface area contributed by atoms with E-state index < -0.39 is 40.7 Å². The van der Waals surface area contributed by atoms with Gasteiger partial charge in [0.2, 0.25) is 0 Å². The van der Waals surface area contributed by atoms with Crippen LogP contribution < -0.4 is 9.83 Å². The number of pyridine rings is 2. The molecule has 0 aliphatic rings. The van der Waals surface area contributed by atoms with Gasteiger partial charge in [-0.25, -0.2) is 4.52 Å². The van der Waals surface area contributed by atoms with E-state index in [-0.39, 0.29) is 54.7 Å². The van der Waals surface area contributed by atoms with Gasteiger partial charge in [0.15, 0.2) is 11.9 Å². The normalized spacial score (nSPS) is 13.2. The van der Waals surface area contributed by atoms with Crippen molar-refractivity contribution in [3.63, 3.8) is 0 Å². The van der Waals surface area contributed by atoms with Crippen molar-refractivity contribution in [3.8, 4) is 28.0 Å². The van der Waals surface area contributed by atoms with Gasteiger partial charge in [0.25, 0.3) is 0 Å². The van der Waals surface area contributed by atoms with Crippen LogP contribution in [-0.2, 0) is 9.13 Å². The van der Waals surface area contributed by atoms with Crippen molar-refractivity contribution < 1.29 is 101 Å². The number of aromatic nitrogens is 2.